The van der Waals surface area contributed by atoms with Gasteiger partial charge in [-0.15, -0.1) is 11.3 Å². The number of amides is 1. The fourth-order valence-corrected chi connectivity index (χ4v) is 2.59. The molecule has 1 amide bonds. The van der Waals surface area contributed by atoms with Crippen LogP contribution in [0.1, 0.15) is 5.01 Å². The number of rotatable bonds is 3. The molecule has 0 radical (unpaired) electrons. The summed E-state index contributed by atoms with van der Waals surface area (Å²) in [7, 11) is 1.31. The molecule has 2 N–H and O–H groups in total. The fourth-order valence-electron chi connectivity index (χ4n) is 1.85. The van der Waals surface area contributed by atoms with Crippen LogP contribution in [0.3, 0.4) is 0 Å². The van der Waals surface area contributed by atoms with Crippen LogP contribution in [0.5, 0.6) is 0 Å². The smallest absolute Gasteiger partial charge is 0.417 e. The number of fused-ring (bicyclic) bond motifs is 1. The topological polar surface area (TPSA) is 97.2 Å². The van der Waals surface area contributed by atoms with E-state index < -0.39 is 11.8 Å². The quantitative estimate of drug-likeness (QED) is 0.772. The Balaban J connectivity index is 1.83. The van der Waals surface area contributed by atoms with Crippen molar-refractivity contribution in [2.75, 3.05) is 7.11 Å². The lowest BCUT2D eigenvalue weighted by Gasteiger charge is -1.99. The van der Waals surface area contributed by atoms with E-state index in [1.54, 1.807) is 12.1 Å². The Hall–Kier alpha value is -2.61. The zero-order chi connectivity index (χ0) is 14.8. The summed E-state index contributed by atoms with van der Waals surface area (Å²) in [5, 5.41) is 5.20. The molecule has 3 rings (SSSR count). The van der Waals surface area contributed by atoms with E-state index in [2.05, 4.69) is 20.0 Å². The molecule has 0 spiro atoms. The normalized spacial score (nSPS) is 10.7. The van der Waals surface area contributed by atoms with Crippen LogP contribution in [0.4, 0.5) is 4.79 Å². The number of aromatic amines is 1. The van der Waals surface area contributed by atoms with Gasteiger partial charge in [-0.3, -0.25) is 4.98 Å². The molecule has 0 aliphatic rings. The first kappa shape index (κ1) is 13.4. The van der Waals surface area contributed by atoms with Gasteiger partial charge in [0, 0.05) is 10.9 Å². The molecule has 8 heteroatoms. The lowest BCUT2D eigenvalue weighted by atomic mass is 10.1. The van der Waals surface area contributed by atoms with Crippen molar-refractivity contribution in [1.82, 2.24) is 15.3 Å². The summed E-state index contributed by atoms with van der Waals surface area (Å²) in [6.07, 6.45) is -0.498. The summed E-state index contributed by atoms with van der Waals surface area (Å²) >= 11 is 1.43. The van der Waals surface area contributed by atoms with Gasteiger partial charge in [0.25, 0.3) is 0 Å². The molecule has 21 heavy (non-hydrogen) atoms. The lowest BCUT2D eigenvalue weighted by Crippen LogP contribution is -2.22. The van der Waals surface area contributed by atoms with E-state index in [0.29, 0.717) is 17.6 Å². The molecule has 1 aromatic carbocycles. The van der Waals surface area contributed by atoms with Crippen molar-refractivity contribution in [3.63, 3.8) is 0 Å². The molecule has 2 aromatic heterocycles. The number of alkyl carbamates (subject to hydrolysis) is 1. The molecule has 0 fully saturated rings. The number of ether oxygens (including phenoxy) is 1. The molecule has 2 heterocycles. The van der Waals surface area contributed by atoms with Crippen LogP contribution in [-0.4, -0.2) is 23.2 Å². The van der Waals surface area contributed by atoms with Crippen LogP contribution in [0.25, 0.3) is 22.4 Å². The maximum absolute atomic E-state index is 11.1. The second kappa shape index (κ2) is 5.41. The number of carbonyl (C=O) groups is 1. The van der Waals surface area contributed by atoms with Gasteiger partial charge in [0.05, 0.1) is 24.9 Å². The predicted octanol–water partition coefficient (Wildman–Crippen LogP) is 2.10. The Bertz CT molecular complexity index is 848. The van der Waals surface area contributed by atoms with Crippen molar-refractivity contribution in [2.45, 2.75) is 6.54 Å². The van der Waals surface area contributed by atoms with Gasteiger partial charge in [0.15, 0.2) is 5.58 Å². The van der Waals surface area contributed by atoms with Gasteiger partial charge in [-0.2, -0.15) is 0 Å². The van der Waals surface area contributed by atoms with Gasteiger partial charge in [-0.05, 0) is 12.1 Å². The summed E-state index contributed by atoms with van der Waals surface area (Å²) in [6, 6.07) is 5.36. The van der Waals surface area contributed by atoms with Crippen molar-refractivity contribution >= 4 is 28.5 Å². The minimum atomic E-state index is -0.498. The third kappa shape index (κ3) is 2.79. The summed E-state index contributed by atoms with van der Waals surface area (Å²) < 4.78 is 9.52. The largest absolute Gasteiger partial charge is 0.453 e. The van der Waals surface area contributed by atoms with Crippen LogP contribution in [0.15, 0.2) is 32.8 Å². The number of oxazole rings is 1. The van der Waals surface area contributed by atoms with Crippen LogP contribution in [0.2, 0.25) is 0 Å². The number of thiazole rings is 1. The van der Waals surface area contributed by atoms with Crippen LogP contribution in [0, 0.1) is 0 Å². The highest BCUT2D eigenvalue weighted by molar-refractivity contribution is 7.09. The molecule has 0 aliphatic carbocycles. The van der Waals surface area contributed by atoms with Gasteiger partial charge in [-0.1, -0.05) is 6.07 Å². The average Bonchev–Trinajstić information content (AvgIpc) is 3.08. The summed E-state index contributed by atoms with van der Waals surface area (Å²) in [4.78, 5) is 29.1. The first-order valence-electron chi connectivity index (χ1n) is 6.05. The maximum atomic E-state index is 11.1. The third-order valence-corrected chi connectivity index (χ3v) is 3.69. The Kier molecular flexibility index (Phi) is 3.44. The number of carbonyl (C=O) groups excluding carboxylic acids is 1. The van der Waals surface area contributed by atoms with Crippen molar-refractivity contribution in [1.29, 1.82) is 0 Å². The number of nitrogens with zero attached hydrogens (tertiary/aromatic N) is 1. The summed E-state index contributed by atoms with van der Waals surface area (Å²) in [5.41, 5.74) is 2.73. The number of benzene rings is 1. The van der Waals surface area contributed by atoms with Gasteiger partial charge in [0.2, 0.25) is 0 Å². The molecule has 0 bridgehead atoms. The van der Waals surface area contributed by atoms with E-state index >= 15 is 0 Å². The van der Waals surface area contributed by atoms with Gasteiger partial charge >= 0.3 is 11.8 Å². The Morgan fingerprint density at radius 3 is 3.19 bits per heavy atom. The first-order chi connectivity index (χ1) is 10.2. The standard InChI is InChI=1S/C13H11N3O4S/c1-19-12(17)14-5-11-15-9(6-21-11)7-2-3-8-10(4-7)20-13(18)16-8/h2-4,6H,5H2,1H3,(H,14,17)(H,16,18). The van der Waals surface area contributed by atoms with E-state index in [0.717, 1.165) is 16.3 Å². The number of hydrogen-bond donors (Lipinski definition) is 2. The molecule has 0 saturated carbocycles. The number of nitrogens with one attached hydrogen (secondary N) is 2. The second-order valence-electron chi connectivity index (χ2n) is 4.20. The number of methoxy groups -OCH3 is 1. The monoisotopic (exact) mass is 305 g/mol. The van der Waals surface area contributed by atoms with Crippen LogP contribution in [-0.2, 0) is 11.3 Å². The highest BCUT2D eigenvalue weighted by Gasteiger charge is 2.08. The number of H-pyrrole nitrogens is 1. The van der Waals surface area contributed by atoms with Crippen molar-refractivity contribution in [2.24, 2.45) is 0 Å². The van der Waals surface area contributed by atoms with Crippen LogP contribution < -0.4 is 11.1 Å². The Morgan fingerprint density at radius 2 is 2.38 bits per heavy atom. The average molecular weight is 305 g/mol. The van der Waals surface area contributed by atoms with Crippen molar-refractivity contribution in [3.05, 3.63) is 39.1 Å². The molecular weight excluding hydrogens is 294 g/mol. The van der Waals surface area contributed by atoms with Gasteiger partial charge < -0.3 is 14.5 Å². The third-order valence-electron chi connectivity index (χ3n) is 2.84. The fraction of sp³-hybridized carbons (Fsp3) is 0.154. The zero-order valence-electron chi connectivity index (χ0n) is 11.0. The minimum Gasteiger partial charge on any atom is -0.453 e. The molecule has 3 aromatic rings. The molecule has 108 valence electrons. The van der Waals surface area contributed by atoms with E-state index in [9.17, 15) is 9.59 Å². The van der Waals surface area contributed by atoms with E-state index in [4.69, 9.17) is 4.42 Å². The predicted molar refractivity (Wildman–Crippen MR) is 77.2 cm³/mol. The van der Waals surface area contributed by atoms with Crippen molar-refractivity contribution in [3.8, 4) is 11.3 Å². The molecule has 0 atom stereocenters. The molecule has 0 saturated heterocycles. The van der Waals surface area contributed by atoms with E-state index in [1.165, 1.54) is 18.4 Å². The molecule has 0 unspecified atom stereocenters. The molecule has 0 aliphatic heterocycles. The minimum absolute atomic E-state index is 0.304. The van der Waals surface area contributed by atoms with Crippen molar-refractivity contribution < 1.29 is 13.9 Å². The zero-order valence-corrected chi connectivity index (χ0v) is 11.8. The van der Waals surface area contributed by atoms with E-state index in [1.807, 2.05) is 11.4 Å². The first-order valence-corrected chi connectivity index (χ1v) is 6.93. The Morgan fingerprint density at radius 1 is 1.52 bits per heavy atom. The molecule has 7 nitrogen and oxygen atoms in total. The summed E-state index contributed by atoms with van der Waals surface area (Å²) in [5.74, 6) is -0.483. The SMILES string of the molecule is COC(=O)NCc1nc(-c2ccc3[nH]c(=O)oc3c2)cs1. The summed E-state index contributed by atoms with van der Waals surface area (Å²) in [6.45, 7) is 0.304. The highest BCUT2D eigenvalue weighted by Crippen LogP contribution is 2.24. The number of hydrogen-bond acceptors (Lipinski definition) is 6. The van der Waals surface area contributed by atoms with Gasteiger partial charge in [0.1, 0.15) is 5.01 Å². The van der Waals surface area contributed by atoms with E-state index in [-0.39, 0.29) is 0 Å². The van der Waals surface area contributed by atoms with Crippen LogP contribution >= 0.6 is 11.3 Å². The van der Waals surface area contributed by atoms with Gasteiger partial charge in [-0.25, -0.2) is 14.6 Å². The molecular formula is C13H11N3O4S. The highest BCUT2D eigenvalue weighted by atomic mass is 32.1. The number of aromatic nitrogens is 2. The maximum Gasteiger partial charge on any atom is 0.417 e. The Labute approximate surface area is 122 Å². The lowest BCUT2D eigenvalue weighted by molar-refractivity contribution is 0.170. The second-order valence-corrected chi connectivity index (χ2v) is 5.14.